The number of piperidine rings is 1. The molecule has 1 aliphatic rings. The Labute approximate surface area is 107 Å². The number of benzene rings is 1. The molecule has 4 nitrogen and oxygen atoms in total. The zero-order chi connectivity index (χ0) is 13.0. The molecule has 1 N–H and O–H groups in total. The van der Waals surface area contributed by atoms with Crippen molar-refractivity contribution in [2.45, 2.75) is 19.4 Å². The number of carboxylic acid groups (broad SMARTS) is 1. The topological polar surface area (TPSA) is 49.8 Å². The Balaban J connectivity index is 1.93. The van der Waals surface area contributed by atoms with Crippen molar-refractivity contribution < 1.29 is 14.6 Å². The number of carbonyl (C=O) groups is 1. The van der Waals surface area contributed by atoms with Gasteiger partial charge in [-0.3, -0.25) is 9.69 Å². The molecule has 18 heavy (non-hydrogen) atoms. The van der Waals surface area contributed by atoms with Crippen LogP contribution in [0.3, 0.4) is 0 Å². The van der Waals surface area contributed by atoms with E-state index in [9.17, 15) is 4.79 Å². The van der Waals surface area contributed by atoms with Gasteiger partial charge in [0.2, 0.25) is 0 Å². The van der Waals surface area contributed by atoms with Crippen LogP contribution >= 0.6 is 0 Å². The molecule has 4 heteroatoms. The van der Waals surface area contributed by atoms with Gasteiger partial charge in [0.1, 0.15) is 5.75 Å². The first kappa shape index (κ1) is 12.9. The first-order valence-electron chi connectivity index (χ1n) is 6.27. The smallest absolute Gasteiger partial charge is 0.307 e. The van der Waals surface area contributed by atoms with Gasteiger partial charge in [-0.15, -0.1) is 0 Å². The molecule has 1 aromatic rings. The minimum Gasteiger partial charge on any atom is -0.497 e. The van der Waals surface area contributed by atoms with Crippen molar-refractivity contribution in [3.05, 3.63) is 29.8 Å². The first-order chi connectivity index (χ1) is 8.69. The van der Waals surface area contributed by atoms with Crippen molar-refractivity contribution in [3.8, 4) is 5.75 Å². The summed E-state index contributed by atoms with van der Waals surface area (Å²) < 4.78 is 5.12. The van der Waals surface area contributed by atoms with Crippen LogP contribution in [0.2, 0.25) is 0 Å². The van der Waals surface area contributed by atoms with E-state index in [1.807, 2.05) is 24.3 Å². The summed E-state index contributed by atoms with van der Waals surface area (Å²) >= 11 is 0. The Morgan fingerprint density at radius 2 is 2.17 bits per heavy atom. The second kappa shape index (κ2) is 5.87. The van der Waals surface area contributed by atoms with Crippen LogP contribution in [-0.4, -0.2) is 36.2 Å². The Morgan fingerprint density at radius 3 is 2.78 bits per heavy atom. The van der Waals surface area contributed by atoms with Crippen LogP contribution in [0, 0.1) is 5.92 Å². The van der Waals surface area contributed by atoms with Crippen LogP contribution in [0.15, 0.2) is 24.3 Å². The van der Waals surface area contributed by atoms with E-state index in [-0.39, 0.29) is 5.92 Å². The van der Waals surface area contributed by atoms with Gasteiger partial charge in [0.25, 0.3) is 0 Å². The molecule has 1 fully saturated rings. The summed E-state index contributed by atoms with van der Waals surface area (Å²) in [5.41, 5.74) is 1.20. The zero-order valence-electron chi connectivity index (χ0n) is 10.6. The van der Waals surface area contributed by atoms with Gasteiger partial charge >= 0.3 is 5.97 Å². The van der Waals surface area contributed by atoms with Crippen LogP contribution < -0.4 is 4.74 Å². The number of likely N-dealkylation sites (tertiary alicyclic amines) is 1. The molecule has 1 heterocycles. The normalized spacial score (nSPS) is 20.6. The van der Waals surface area contributed by atoms with E-state index in [0.29, 0.717) is 6.54 Å². The third-order valence-corrected chi connectivity index (χ3v) is 3.42. The average molecular weight is 249 g/mol. The van der Waals surface area contributed by atoms with Crippen LogP contribution in [0.25, 0.3) is 0 Å². The van der Waals surface area contributed by atoms with Crippen molar-refractivity contribution in [2.24, 2.45) is 5.92 Å². The third kappa shape index (κ3) is 3.23. The number of hydrogen-bond donors (Lipinski definition) is 1. The maximum atomic E-state index is 11.0. The van der Waals surface area contributed by atoms with Crippen molar-refractivity contribution in [2.75, 3.05) is 20.2 Å². The van der Waals surface area contributed by atoms with E-state index >= 15 is 0 Å². The van der Waals surface area contributed by atoms with E-state index in [4.69, 9.17) is 9.84 Å². The largest absolute Gasteiger partial charge is 0.497 e. The molecule has 0 bridgehead atoms. The van der Waals surface area contributed by atoms with Crippen molar-refractivity contribution >= 4 is 5.97 Å². The predicted octanol–water partition coefficient (Wildman–Crippen LogP) is 1.99. The number of hydrogen-bond acceptors (Lipinski definition) is 3. The fourth-order valence-electron chi connectivity index (χ4n) is 2.39. The summed E-state index contributed by atoms with van der Waals surface area (Å²) in [6.45, 7) is 2.45. The molecule has 0 saturated carbocycles. The van der Waals surface area contributed by atoms with Crippen LogP contribution in [-0.2, 0) is 11.3 Å². The molecule has 1 unspecified atom stereocenters. The fraction of sp³-hybridized carbons (Fsp3) is 0.500. The second-order valence-electron chi connectivity index (χ2n) is 4.76. The molecule has 1 saturated heterocycles. The summed E-state index contributed by atoms with van der Waals surface area (Å²) in [6, 6.07) is 7.94. The molecule has 0 amide bonds. The van der Waals surface area contributed by atoms with Gasteiger partial charge in [0, 0.05) is 13.1 Å². The summed E-state index contributed by atoms with van der Waals surface area (Å²) in [4.78, 5) is 13.2. The highest BCUT2D eigenvalue weighted by molar-refractivity contribution is 5.70. The maximum Gasteiger partial charge on any atom is 0.307 e. The quantitative estimate of drug-likeness (QED) is 0.886. The third-order valence-electron chi connectivity index (χ3n) is 3.42. The highest BCUT2D eigenvalue weighted by Gasteiger charge is 2.25. The predicted molar refractivity (Wildman–Crippen MR) is 68.6 cm³/mol. The highest BCUT2D eigenvalue weighted by Crippen LogP contribution is 2.19. The van der Waals surface area contributed by atoms with Crippen molar-refractivity contribution in [1.82, 2.24) is 4.90 Å². The van der Waals surface area contributed by atoms with Crippen LogP contribution in [0.1, 0.15) is 18.4 Å². The van der Waals surface area contributed by atoms with Gasteiger partial charge in [-0.25, -0.2) is 0 Å². The summed E-state index contributed by atoms with van der Waals surface area (Å²) in [5, 5.41) is 9.05. The van der Waals surface area contributed by atoms with E-state index in [0.717, 1.165) is 31.7 Å². The Morgan fingerprint density at radius 1 is 1.44 bits per heavy atom. The van der Waals surface area contributed by atoms with Crippen molar-refractivity contribution in [3.63, 3.8) is 0 Å². The number of methoxy groups -OCH3 is 1. The summed E-state index contributed by atoms with van der Waals surface area (Å²) in [6.07, 6.45) is 1.77. The lowest BCUT2D eigenvalue weighted by Gasteiger charge is -2.30. The molecule has 0 aliphatic carbocycles. The first-order valence-corrected chi connectivity index (χ1v) is 6.27. The lowest BCUT2D eigenvalue weighted by molar-refractivity contribution is -0.143. The molecule has 1 atom stereocenters. The molecule has 0 radical (unpaired) electrons. The average Bonchev–Trinajstić information content (AvgIpc) is 2.40. The summed E-state index contributed by atoms with van der Waals surface area (Å²) in [5.74, 6) is -0.0350. The molecule has 1 aromatic carbocycles. The maximum absolute atomic E-state index is 11.0. The Kier molecular flexibility index (Phi) is 4.20. The van der Waals surface area contributed by atoms with Gasteiger partial charge in [-0.1, -0.05) is 12.1 Å². The summed E-state index contributed by atoms with van der Waals surface area (Å²) in [7, 11) is 1.65. The number of rotatable bonds is 4. The molecule has 1 aliphatic heterocycles. The van der Waals surface area contributed by atoms with Crippen molar-refractivity contribution in [1.29, 1.82) is 0 Å². The molecule has 0 aromatic heterocycles. The second-order valence-corrected chi connectivity index (χ2v) is 4.76. The van der Waals surface area contributed by atoms with Gasteiger partial charge in [0.05, 0.1) is 13.0 Å². The van der Waals surface area contributed by atoms with E-state index in [2.05, 4.69) is 4.90 Å². The number of ether oxygens (including phenoxy) is 1. The number of aliphatic carboxylic acids is 1. The monoisotopic (exact) mass is 249 g/mol. The highest BCUT2D eigenvalue weighted by atomic mass is 16.5. The van der Waals surface area contributed by atoms with Crippen LogP contribution in [0.5, 0.6) is 5.75 Å². The van der Waals surface area contributed by atoms with Gasteiger partial charge in [-0.2, -0.15) is 0 Å². The molecular weight excluding hydrogens is 230 g/mol. The molecule has 2 rings (SSSR count). The van der Waals surface area contributed by atoms with E-state index < -0.39 is 5.97 Å². The minimum absolute atomic E-state index is 0.211. The fourth-order valence-corrected chi connectivity index (χ4v) is 2.39. The lowest BCUT2D eigenvalue weighted by atomic mass is 9.98. The number of carboxylic acids is 1. The molecule has 98 valence electrons. The standard InChI is InChI=1S/C14H19NO3/c1-18-13-6-4-11(5-7-13)9-15-8-2-3-12(10-15)14(16)17/h4-7,12H,2-3,8-10H2,1H3,(H,16,17). The van der Waals surface area contributed by atoms with Gasteiger partial charge < -0.3 is 9.84 Å². The SMILES string of the molecule is COc1ccc(CN2CCCC(C(=O)O)C2)cc1. The Hall–Kier alpha value is -1.55. The minimum atomic E-state index is -0.672. The lowest BCUT2D eigenvalue weighted by Crippen LogP contribution is -2.38. The number of nitrogens with zero attached hydrogens (tertiary/aromatic N) is 1. The van der Waals surface area contributed by atoms with Gasteiger partial charge in [0.15, 0.2) is 0 Å². The zero-order valence-corrected chi connectivity index (χ0v) is 10.6. The molecular formula is C14H19NO3. The Bertz CT molecular complexity index is 402. The molecule has 0 spiro atoms. The van der Waals surface area contributed by atoms with E-state index in [1.165, 1.54) is 5.56 Å². The van der Waals surface area contributed by atoms with Gasteiger partial charge in [-0.05, 0) is 37.1 Å². The van der Waals surface area contributed by atoms with Crippen LogP contribution in [0.4, 0.5) is 0 Å². The van der Waals surface area contributed by atoms with E-state index in [1.54, 1.807) is 7.11 Å².